The number of para-hydroxylation sites is 2. The summed E-state index contributed by atoms with van der Waals surface area (Å²) in [5, 5.41) is 6.36. The first-order valence-electron chi connectivity index (χ1n) is 10.4. The predicted octanol–water partition coefficient (Wildman–Crippen LogP) is 4.76. The highest BCUT2D eigenvalue weighted by atomic mass is 32.2. The molecule has 174 valence electrons. The van der Waals surface area contributed by atoms with E-state index in [9.17, 15) is 9.59 Å². The number of aliphatic imine (C=N–C) groups is 1. The molecule has 2 N–H and O–H groups in total. The van der Waals surface area contributed by atoms with Gasteiger partial charge >= 0.3 is 5.97 Å². The van der Waals surface area contributed by atoms with Crippen molar-refractivity contribution in [3.8, 4) is 11.5 Å². The molecule has 0 spiro atoms. The van der Waals surface area contributed by atoms with Crippen LogP contribution in [0.3, 0.4) is 0 Å². The number of carbonyl (C=O) groups excluding carboxylic acids is 2. The van der Waals surface area contributed by atoms with Gasteiger partial charge in [-0.25, -0.2) is 4.99 Å². The highest BCUT2D eigenvalue weighted by molar-refractivity contribution is 8.15. The van der Waals surface area contributed by atoms with Crippen LogP contribution >= 0.6 is 11.8 Å². The van der Waals surface area contributed by atoms with Gasteiger partial charge < -0.3 is 24.8 Å². The third kappa shape index (κ3) is 6.29. The van der Waals surface area contributed by atoms with E-state index in [0.29, 0.717) is 34.3 Å². The predicted molar refractivity (Wildman–Crippen MR) is 132 cm³/mol. The number of thioether (sulfide) groups is 1. The van der Waals surface area contributed by atoms with Crippen LogP contribution in [0.5, 0.6) is 11.5 Å². The maximum atomic E-state index is 13.1. The summed E-state index contributed by atoms with van der Waals surface area (Å²) in [6.07, 6.45) is 2.41. The molecule has 1 aliphatic heterocycles. The molecule has 1 aliphatic rings. The molecule has 0 fully saturated rings. The number of esters is 1. The molecule has 8 nitrogen and oxygen atoms in total. The van der Waals surface area contributed by atoms with Gasteiger partial charge in [-0.05, 0) is 36.8 Å². The van der Waals surface area contributed by atoms with E-state index >= 15 is 0 Å². The van der Waals surface area contributed by atoms with E-state index in [-0.39, 0.29) is 18.3 Å². The first-order valence-corrected chi connectivity index (χ1v) is 11.3. The Hall–Kier alpha value is -3.46. The van der Waals surface area contributed by atoms with Crippen LogP contribution in [0.25, 0.3) is 0 Å². The molecule has 1 heterocycles. The Kier molecular flexibility index (Phi) is 8.37. The van der Waals surface area contributed by atoms with Gasteiger partial charge in [-0.3, -0.25) is 9.59 Å². The number of hydrogen-bond acceptors (Lipinski definition) is 8. The van der Waals surface area contributed by atoms with Crippen LogP contribution in [-0.4, -0.2) is 43.5 Å². The van der Waals surface area contributed by atoms with Gasteiger partial charge in [0.1, 0.15) is 11.5 Å². The zero-order valence-corrected chi connectivity index (χ0v) is 19.8. The van der Waals surface area contributed by atoms with E-state index in [1.54, 1.807) is 38.5 Å². The van der Waals surface area contributed by atoms with Crippen LogP contribution in [0.15, 0.2) is 59.2 Å². The standard InChI is InChI=1S/C24H27N3O5S/c1-5-21(24(29)27-19-14-16(30-2)10-11-20(19)31-3)33-22-12-15(13-23(28)32-4)25-17-8-6-7-9-18(17)26-22/h6-12,14,21,25H,5,13H2,1-4H3,(H,27,29)/t21-/m0/s1. The van der Waals surface area contributed by atoms with Crippen LogP contribution in [0.1, 0.15) is 19.8 Å². The molecule has 0 aromatic heterocycles. The van der Waals surface area contributed by atoms with Gasteiger partial charge in [0, 0.05) is 11.8 Å². The molecule has 0 bridgehead atoms. The number of nitrogens with one attached hydrogen (secondary N) is 2. The van der Waals surface area contributed by atoms with Crippen molar-refractivity contribution >= 4 is 45.7 Å². The first-order chi connectivity index (χ1) is 16.0. The molecule has 1 atom stereocenters. The molecule has 0 saturated carbocycles. The Bertz CT molecular complexity index is 1080. The molecule has 33 heavy (non-hydrogen) atoms. The average Bonchev–Trinajstić information content (AvgIpc) is 3.00. The molecule has 2 aromatic rings. The summed E-state index contributed by atoms with van der Waals surface area (Å²) in [4.78, 5) is 29.7. The maximum Gasteiger partial charge on any atom is 0.311 e. The fraction of sp³-hybridized carbons (Fsp3) is 0.292. The third-order valence-corrected chi connectivity index (χ3v) is 6.16. The topological polar surface area (TPSA) is 98.2 Å². The minimum atomic E-state index is -0.430. The summed E-state index contributed by atoms with van der Waals surface area (Å²) in [6.45, 7) is 1.93. The van der Waals surface area contributed by atoms with Gasteiger partial charge in [0.05, 0.1) is 55.1 Å². The van der Waals surface area contributed by atoms with E-state index in [2.05, 4.69) is 10.6 Å². The highest BCUT2D eigenvalue weighted by Crippen LogP contribution is 2.34. The van der Waals surface area contributed by atoms with Crippen LogP contribution in [0, 0.1) is 0 Å². The molecule has 0 unspecified atom stereocenters. The molecule has 9 heteroatoms. The number of methoxy groups -OCH3 is 3. The smallest absolute Gasteiger partial charge is 0.311 e. The van der Waals surface area contributed by atoms with Crippen LogP contribution < -0.4 is 20.1 Å². The summed E-state index contributed by atoms with van der Waals surface area (Å²) in [6, 6.07) is 12.7. The van der Waals surface area contributed by atoms with Crippen molar-refractivity contribution < 1.29 is 23.8 Å². The molecule has 2 aromatic carbocycles. The molecule has 0 radical (unpaired) electrons. The van der Waals surface area contributed by atoms with Gasteiger partial charge in [0.25, 0.3) is 0 Å². The summed E-state index contributed by atoms with van der Waals surface area (Å²) in [7, 11) is 4.45. The maximum absolute atomic E-state index is 13.1. The molecule has 3 rings (SSSR count). The lowest BCUT2D eigenvalue weighted by molar-refractivity contribution is -0.139. The number of hydrogen-bond donors (Lipinski definition) is 2. The van der Waals surface area contributed by atoms with E-state index in [1.165, 1.54) is 18.9 Å². The number of nitrogens with zero attached hydrogens (tertiary/aromatic N) is 1. The normalized spacial score (nSPS) is 13.3. The van der Waals surface area contributed by atoms with E-state index in [1.807, 2.05) is 31.2 Å². The van der Waals surface area contributed by atoms with Crippen LogP contribution in [0.2, 0.25) is 0 Å². The quantitative estimate of drug-likeness (QED) is 0.538. The summed E-state index contributed by atoms with van der Waals surface area (Å²) in [5.74, 6) is 0.588. The molecular formula is C24H27N3O5S. The Labute approximate surface area is 197 Å². The second-order valence-electron chi connectivity index (χ2n) is 7.08. The van der Waals surface area contributed by atoms with Crippen molar-refractivity contribution in [2.45, 2.75) is 25.0 Å². The Morgan fingerprint density at radius 1 is 1.12 bits per heavy atom. The van der Waals surface area contributed by atoms with E-state index in [0.717, 1.165) is 11.4 Å². The minimum Gasteiger partial charge on any atom is -0.497 e. The Morgan fingerprint density at radius 3 is 2.61 bits per heavy atom. The summed E-state index contributed by atoms with van der Waals surface area (Å²) in [5.41, 5.74) is 2.67. The van der Waals surface area contributed by atoms with Gasteiger partial charge in [0.2, 0.25) is 5.91 Å². The zero-order chi connectivity index (χ0) is 23.8. The third-order valence-electron chi connectivity index (χ3n) is 4.88. The van der Waals surface area contributed by atoms with Crippen LogP contribution in [0.4, 0.5) is 17.1 Å². The second-order valence-corrected chi connectivity index (χ2v) is 8.31. The largest absolute Gasteiger partial charge is 0.497 e. The molecule has 0 aliphatic carbocycles. The minimum absolute atomic E-state index is 0.0639. The zero-order valence-electron chi connectivity index (χ0n) is 19.0. The van der Waals surface area contributed by atoms with Crippen molar-refractivity contribution in [2.75, 3.05) is 32.0 Å². The average molecular weight is 470 g/mol. The van der Waals surface area contributed by atoms with Crippen molar-refractivity contribution in [1.82, 2.24) is 0 Å². The number of fused-ring (bicyclic) bond motifs is 1. The van der Waals surface area contributed by atoms with Gasteiger partial charge in [-0.1, -0.05) is 30.8 Å². The highest BCUT2D eigenvalue weighted by Gasteiger charge is 2.23. The molecule has 1 amide bonds. The number of benzene rings is 2. The number of ether oxygens (including phenoxy) is 3. The Balaban J connectivity index is 1.85. The fourth-order valence-corrected chi connectivity index (χ4v) is 4.15. The lowest BCUT2D eigenvalue weighted by Crippen LogP contribution is -2.26. The lowest BCUT2D eigenvalue weighted by Gasteiger charge is -2.17. The molecule has 0 saturated heterocycles. The van der Waals surface area contributed by atoms with Crippen molar-refractivity contribution in [3.05, 3.63) is 54.2 Å². The van der Waals surface area contributed by atoms with Crippen molar-refractivity contribution in [3.63, 3.8) is 0 Å². The first kappa shape index (κ1) is 24.2. The van der Waals surface area contributed by atoms with Gasteiger partial charge in [-0.2, -0.15) is 0 Å². The summed E-state index contributed by atoms with van der Waals surface area (Å²) < 4.78 is 15.4. The fourth-order valence-electron chi connectivity index (χ4n) is 3.16. The van der Waals surface area contributed by atoms with E-state index in [4.69, 9.17) is 19.2 Å². The second kappa shape index (κ2) is 11.4. The number of anilines is 2. The lowest BCUT2D eigenvalue weighted by atomic mass is 10.2. The molecular weight excluding hydrogens is 442 g/mol. The van der Waals surface area contributed by atoms with Gasteiger partial charge in [0.15, 0.2) is 0 Å². The van der Waals surface area contributed by atoms with E-state index < -0.39 is 5.25 Å². The SMILES string of the molecule is CC[C@H](SC1=Nc2ccccc2NC(CC(=O)OC)=C1)C(=O)Nc1cc(OC)ccc1OC. The van der Waals surface area contributed by atoms with Crippen molar-refractivity contribution in [2.24, 2.45) is 4.99 Å². The number of rotatable bonds is 8. The van der Waals surface area contributed by atoms with Gasteiger partial charge in [-0.15, -0.1) is 0 Å². The number of amides is 1. The number of carbonyl (C=O) groups is 2. The van der Waals surface area contributed by atoms with Crippen molar-refractivity contribution in [1.29, 1.82) is 0 Å². The Morgan fingerprint density at radius 2 is 1.91 bits per heavy atom. The summed E-state index contributed by atoms with van der Waals surface area (Å²) >= 11 is 1.33. The van der Waals surface area contributed by atoms with Crippen LogP contribution in [-0.2, 0) is 14.3 Å². The monoisotopic (exact) mass is 469 g/mol.